The van der Waals surface area contributed by atoms with Crippen LogP contribution in [0.25, 0.3) is 11.2 Å². The Labute approximate surface area is 165 Å². The third-order valence-electron chi connectivity index (χ3n) is 2.54. The third-order valence-corrected chi connectivity index (χ3v) is 4.88. The van der Waals surface area contributed by atoms with E-state index in [0.717, 1.165) is 28.4 Å². The number of hydrogen-bond acceptors (Lipinski definition) is 3. The van der Waals surface area contributed by atoms with E-state index in [1.165, 1.54) is 6.42 Å². The molecule has 0 amide bonds. The molecule has 0 bridgehead atoms. The summed E-state index contributed by atoms with van der Waals surface area (Å²) < 4.78 is 2.06. The van der Waals surface area contributed by atoms with Crippen molar-refractivity contribution in [3.8, 4) is 0 Å². The first-order chi connectivity index (χ1) is 11.5. The van der Waals surface area contributed by atoms with E-state index in [1.54, 1.807) is 12.1 Å². The number of aromatic nitrogens is 3. The first kappa shape index (κ1) is 23.4. The van der Waals surface area contributed by atoms with Gasteiger partial charge in [0.1, 0.15) is 16.5 Å². The van der Waals surface area contributed by atoms with Crippen LogP contribution in [-0.2, 0) is 0 Å². The monoisotopic (exact) mass is 480 g/mol. The standard InChI is InChI=1S/C12H13ClIN4P.C3H8.C2H6/c1-4-5-7(2)15-9-6-10(13)17-12-11(9)16-8(3)18(12)19-14;1-3-2;1-2/h4-6,19H,1H2,2-3H3,(H,15,17);3H2,1-2H3;1-2H3/b7-5+;;. The van der Waals surface area contributed by atoms with E-state index in [0.29, 0.717) is 11.5 Å². The summed E-state index contributed by atoms with van der Waals surface area (Å²) >= 11 is 8.40. The average Bonchev–Trinajstić information content (AvgIpc) is 2.85. The van der Waals surface area contributed by atoms with Gasteiger partial charge in [0.05, 0.1) is 12.1 Å². The number of fused-ring (bicyclic) bond motifs is 1. The van der Waals surface area contributed by atoms with Gasteiger partial charge in [0, 0.05) is 11.8 Å². The van der Waals surface area contributed by atoms with Crippen molar-refractivity contribution in [2.24, 2.45) is 0 Å². The summed E-state index contributed by atoms with van der Waals surface area (Å²) in [6.45, 7) is 15.9. The molecule has 2 rings (SSSR count). The van der Waals surface area contributed by atoms with Crippen LogP contribution in [0, 0.1) is 6.92 Å². The summed E-state index contributed by atoms with van der Waals surface area (Å²) in [6, 6.07) is 1.79. The number of nitrogens with one attached hydrogen (secondary N) is 1. The number of aryl methyl sites for hydroxylation is 1. The van der Waals surface area contributed by atoms with Crippen LogP contribution in [0.4, 0.5) is 5.69 Å². The fraction of sp³-hybridized carbons (Fsp3) is 0.412. The molecule has 0 radical (unpaired) electrons. The molecule has 2 heterocycles. The van der Waals surface area contributed by atoms with Gasteiger partial charge in [-0.05, 0) is 42.0 Å². The van der Waals surface area contributed by atoms with Crippen molar-refractivity contribution >= 4 is 56.9 Å². The second kappa shape index (κ2) is 12.7. The van der Waals surface area contributed by atoms with E-state index in [1.807, 2.05) is 33.8 Å². The second-order valence-corrected chi connectivity index (χ2v) is 7.11. The molecule has 0 aliphatic carbocycles. The highest BCUT2D eigenvalue weighted by atomic mass is 127. The van der Waals surface area contributed by atoms with Gasteiger partial charge >= 0.3 is 0 Å². The highest BCUT2D eigenvalue weighted by molar-refractivity contribution is 14.2. The Bertz CT molecular complexity index is 683. The SMILES string of the molecule is C=C/C=C(\C)Nc1cc(Cl)nc2c1nc(C)n2PI.CC.CCC. The van der Waals surface area contributed by atoms with Crippen molar-refractivity contribution < 1.29 is 0 Å². The fourth-order valence-electron chi connectivity index (χ4n) is 1.75. The van der Waals surface area contributed by atoms with Crippen LogP contribution in [0.2, 0.25) is 5.15 Å². The number of nitrogens with zero attached hydrogens (tertiary/aromatic N) is 3. The molecule has 0 aromatic carbocycles. The first-order valence-corrected chi connectivity index (χ1v) is 12.4. The Morgan fingerprint density at radius 2 is 2.00 bits per heavy atom. The molecule has 2 aromatic heterocycles. The minimum atomic E-state index is 0.456. The number of anilines is 1. The van der Waals surface area contributed by atoms with E-state index in [2.05, 4.69) is 62.1 Å². The van der Waals surface area contributed by atoms with E-state index in [4.69, 9.17) is 11.6 Å². The van der Waals surface area contributed by atoms with Gasteiger partial charge in [-0.25, -0.2) is 9.97 Å². The van der Waals surface area contributed by atoms with Gasteiger partial charge in [-0.2, -0.15) is 0 Å². The second-order valence-electron chi connectivity index (χ2n) is 4.66. The number of imidazole rings is 1. The molecule has 134 valence electrons. The van der Waals surface area contributed by atoms with Crippen LogP contribution in [0.3, 0.4) is 0 Å². The summed E-state index contributed by atoms with van der Waals surface area (Å²) in [5, 5.41) is 3.74. The molecule has 0 aliphatic heterocycles. The van der Waals surface area contributed by atoms with Gasteiger partial charge in [-0.3, -0.25) is 4.34 Å². The molecular formula is C17H27ClIN4P. The lowest BCUT2D eigenvalue weighted by molar-refractivity contribution is 1.09. The van der Waals surface area contributed by atoms with Gasteiger partial charge in [0.2, 0.25) is 0 Å². The van der Waals surface area contributed by atoms with Gasteiger partial charge < -0.3 is 5.32 Å². The summed E-state index contributed by atoms with van der Waals surface area (Å²) in [5.74, 6) is 0.936. The molecule has 1 N–H and O–H groups in total. The zero-order chi connectivity index (χ0) is 18.7. The number of rotatable bonds is 4. The molecule has 1 unspecified atom stereocenters. The van der Waals surface area contributed by atoms with Crippen LogP contribution < -0.4 is 5.32 Å². The van der Waals surface area contributed by atoms with Crippen LogP contribution in [0.5, 0.6) is 0 Å². The van der Waals surface area contributed by atoms with Crippen LogP contribution in [0.15, 0.2) is 30.5 Å². The topological polar surface area (TPSA) is 42.7 Å². The largest absolute Gasteiger partial charge is 0.357 e. The highest BCUT2D eigenvalue weighted by Gasteiger charge is 2.13. The number of allylic oxidation sites excluding steroid dienone is 3. The molecule has 0 saturated heterocycles. The maximum absolute atomic E-state index is 6.09. The normalized spacial score (nSPS) is 10.9. The van der Waals surface area contributed by atoms with Crippen molar-refractivity contribution in [2.75, 3.05) is 5.32 Å². The van der Waals surface area contributed by atoms with Crippen LogP contribution >= 0.6 is 40.0 Å². The molecular weight excluding hydrogens is 454 g/mol. The molecule has 0 spiro atoms. The van der Waals surface area contributed by atoms with Crippen molar-refractivity contribution in [3.05, 3.63) is 41.5 Å². The summed E-state index contributed by atoms with van der Waals surface area (Å²) in [6.07, 6.45) is 5.42. The molecule has 0 fully saturated rings. The molecule has 1 atom stereocenters. The number of hydrogen-bond donors (Lipinski definition) is 1. The Balaban J connectivity index is 0.000000952. The minimum Gasteiger partial charge on any atom is -0.357 e. The lowest BCUT2D eigenvalue weighted by Gasteiger charge is -2.07. The molecule has 4 nitrogen and oxygen atoms in total. The number of halogens is 2. The van der Waals surface area contributed by atoms with E-state index >= 15 is 0 Å². The first-order valence-electron chi connectivity index (χ1n) is 7.97. The molecule has 2 aromatic rings. The van der Waals surface area contributed by atoms with E-state index < -0.39 is 0 Å². The minimum absolute atomic E-state index is 0.456. The summed E-state index contributed by atoms with van der Waals surface area (Å²) in [5.41, 5.74) is 3.49. The number of pyridine rings is 1. The smallest absolute Gasteiger partial charge is 0.167 e. The molecule has 0 saturated carbocycles. The summed E-state index contributed by atoms with van der Waals surface area (Å²) in [4.78, 5) is 8.94. The molecule has 0 aliphatic rings. The maximum Gasteiger partial charge on any atom is 0.167 e. The quantitative estimate of drug-likeness (QED) is 0.219. The molecule has 24 heavy (non-hydrogen) atoms. The Morgan fingerprint density at radius 1 is 1.42 bits per heavy atom. The van der Waals surface area contributed by atoms with Gasteiger partial charge in [0.15, 0.2) is 5.65 Å². The zero-order valence-corrected chi connectivity index (χ0v) is 19.2. The van der Waals surface area contributed by atoms with Gasteiger partial charge in [-0.15, -0.1) is 0 Å². The third kappa shape index (κ3) is 6.69. The van der Waals surface area contributed by atoms with Gasteiger partial charge in [-0.1, -0.05) is 58.4 Å². The lowest BCUT2D eigenvalue weighted by Crippen LogP contribution is -1.97. The maximum atomic E-state index is 6.09. The summed E-state index contributed by atoms with van der Waals surface area (Å²) in [7, 11) is 0. The predicted molar refractivity (Wildman–Crippen MR) is 120 cm³/mol. The van der Waals surface area contributed by atoms with E-state index in [-0.39, 0.29) is 0 Å². The Morgan fingerprint density at radius 3 is 2.50 bits per heavy atom. The Kier molecular flexibility index (Phi) is 12.3. The van der Waals surface area contributed by atoms with E-state index in [9.17, 15) is 0 Å². The van der Waals surface area contributed by atoms with Crippen LogP contribution in [-0.4, -0.2) is 14.3 Å². The lowest BCUT2D eigenvalue weighted by atomic mass is 10.3. The van der Waals surface area contributed by atoms with Crippen molar-refractivity contribution in [2.45, 2.75) is 48.0 Å². The zero-order valence-electron chi connectivity index (χ0n) is 15.2. The van der Waals surface area contributed by atoms with Crippen molar-refractivity contribution in [1.29, 1.82) is 0 Å². The van der Waals surface area contributed by atoms with Crippen molar-refractivity contribution in [3.63, 3.8) is 0 Å². The Hall–Kier alpha value is -0.650. The van der Waals surface area contributed by atoms with Gasteiger partial charge in [0.25, 0.3) is 0 Å². The van der Waals surface area contributed by atoms with Crippen LogP contribution in [0.1, 0.15) is 46.9 Å². The van der Waals surface area contributed by atoms with Crippen molar-refractivity contribution in [1.82, 2.24) is 14.3 Å². The fourth-order valence-corrected chi connectivity index (χ4v) is 4.08. The highest BCUT2D eigenvalue weighted by Crippen LogP contribution is 2.34. The average molecular weight is 481 g/mol. The molecule has 7 heteroatoms. The predicted octanol–water partition coefficient (Wildman–Crippen LogP) is 7.13.